The first-order valence-corrected chi connectivity index (χ1v) is 7.45. The molecule has 0 radical (unpaired) electrons. The van der Waals surface area contributed by atoms with Crippen LogP contribution in [-0.4, -0.2) is 18.7 Å². The van der Waals surface area contributed by atoms with Gasteiger partial charge in [0.25, 0.3) is 0 Å². The van der Waals surface area contributed by atoms with E-state index in [-0.39, 0.29) is 12.3 Å². The SMILES string of the molecule is COc1cc(C)cc(Cl)c1CC(=O)NC(C)(N)CC(C)C. The van der Waals surface area contributed by atoms with Crippen molar-refractivity contribution < 1.29 is 9.53 Å². The van der Waals surface area contributed by atoms with Gasteiger partial charge in [-0.25, -0.2) is 0 Å². The van der Waals surface area contributed by atoms with Crippen molar-refractivity contribution in [3.8, 4) is 5.75 Å². The number of carbonyl (C=O) groups is 1. The summed E-state index contributed by atoms with van der Waals surface area (Å²) < 4.78 is 5.31. The van der Waals surface area contributed by atoms with Gasteiger partial charge in [-0.2, -0.15) is 0 Å². The maximum absolute atomic E-state index is 12.2. The fourth-order valence-electron chi connectivity index (χ4n) is 2.52. The van der Waals surface area contributed by atoms with E-state index in [0.29, 0.717) is 28.7 Å². The first-order valence-electron chi connectivity index (χ1n) is 7.07. The second-order valence-corrected chi connectivity index (χ2v) is 6.58. The lowest BCUT2D eigenvalue weighted by Gasteiger charge is -2.28. The Morgan fingerprint density at radius 3 is 2.62 bits per heavy atom. The summed E-state index contributed by atoms with van der Waals surface area (Å²) in [6.45, 7) is 7.88. The zero-order valence-corrected chi connectivity index (χ0v) is 14.2. The van der Waals surface area contributed by atoms with Crippen LogP contribution in [0.4, 0.5) is 0 Å². The summed E-state index contributed by atoms with van der Waals surface area (Å²) in [6.07, 6.45) is 0.852. The molecule has 0 aliphatic carbocycles. The highest BCUT2D eigenvalue weighted by molar-refractivity contribution is 6.31. The van der Waals surface area contributed by atoms with Crippen LogP contribution in [0, 0.1) is 12.8 Å². The fourth-order valence-corrected chi connectivity index (χ4v) is 2.85. The molecule has 3 N–H and O–H groups in total. The molecule has 118 valence electrons. The largest absolute Gasteiger partial charge is 0.496 e. The van der Waals surface area contributed by atoms with Crippen molar-refractivity contribution in [2.45, 2.75) is 46.2 Å². The van der Waals surface area contributed by atoms with Crippen molar-refractivity contribution in [1.29, 1.82) is 0 Å². The smallest absolute Gasteiger partial charge is 0.226 e. The van der Waals surface area contributed by atoms with Crippen LogP contribution in [0.1, 0.15) is 38.3 Å². The number of benzene rings is 1. The van der Waals surface area contributed by atoms with E-state index < -0.39 is 5.66 Å². The Morgan fingerprint density at radius 2 is 2.10 bits per heavy atom. The monoisotopic (exact) mass is 312 g/mol. The lowest BCUT2D eigenvalue weighted by molar-refractivity contribution is -0.122. The highest BCUT2D eigenvalue weighted by atomic mass is 35.5. The number of hydrogen-bond acceptors (Lipinski definition) is 3. The summed E-state index contributed by atoms with van der Waals surface area (Å²) in [5.41, 5.74) is 7.06. The summed E-state index contributed by atoms with van der Waals surface area (Å²) in [7, 11) is 1.57. The van der Waals surface area contributed by atoms with Crippen LogP contribution in [0.3, 0.4) is 0 Å². The van der Waals surface area contributed by atoms with Crippen LogP contribution in [0.2, 0.25) is 5.02 Å². The molecule has 4 nitrogen and oxygen atoms in total. The van der Waals surface area contributed by atoms with E-state index in [1.165, 1.54) is 0 Å². The molecule has 0 aliphatic heterocycles. The van der Waals surface area contributed by atoms with E-state index in [2.05, 4.69) is 19.2 Å². The van der Waals surface area contributed by atoms with Crippen molar-refractivity contribution in [3.05, 3.63) is 28.3 Å². The number of rotatable bonds is 6. The molecule has 0 heterocycles. The average molecular weight is 313 g/mol. The molecular weight excluding hydrogens is 288 g/mol. The minimum atomic E-state index is -0.727. The van der Waals surface area contributed by atoms with Gasteiger partial charge in [0.2, 0.25) is 5.91 Å². The van der Waals surface area contributed by atoms with Gasteiger partial charge in [0.05, 0.1) is 19.2 Å². The number of methoxy groups -OCH3 is 1. The third kappa shape index (κ3) is 5.56. The Morgan fingerprint density at radius 1 is 1.48 bits per heavy atom. The fraction of sp³-hybridized carbons (Fsp3) is 0.562. The molecule has 1 rings (SSSR count). The average Bonchev–Trinajstić information content (AvgIpc) is 2.29. The highest BCUT2D eigenvalue weighted by Gasteiger charge is 2.23. The molecule has 1 aromatic carbocycles. The minimum absolute atomic E-state index is 0.146. The third-order valence-corrected chi connectivity index (χ3v) is 3.45. The molecule has 0 fully saturated rings. The Bertz CT molecular complexity index is 513. The minimum Gasteiger partial charge on any atom is -0.496 e. The number of nitrogens with one attached hydrogen (secondary N) is 1. The molecule has 1 amide bonds. The molecule has 1 atom stereocenters. The predicted octanol–water partition coefficient (Wildman–Crippen LogP) is 3.04. The van der Waals surface area contributed by atoms with Crippen LogP contribution < -0.4 is 15.8 Å². The summed E-state index contributed by atoms with van der Waals surface area (Å²) in [5, 5.41) is 3.39. The van der Waals surface area contributed by atoms with Crippen LogP contribution in [-0.2, 0) is 11.2 Å². The molecule has 0 aliphatic rings. The number of hydrogen-bond donors (Lipinski definition) is 2. The van der Waals surface area contributed by atoms with Gasteiger partial charge in [0.15, 0.2) is 0 Å². The van der Waals surface area contributed by atoms with Gasteiger partial charge < -0.3 is 15.8 Å². The zero-order valence-electron chi connectivity index (χ0n) is 13.4. The number of ether oxygens (including phenoxy) is 1. The van der Waals surface area contributed by atoms with Crippen molar-refractivity contribution >= 4 is 17.5 Å². The van der Waals surface area contributed by atoms with E-state index in [9.17, 15) is 4.79 Å². The predicted molar refractivity (Wildman–Crippen MR) is 86.6 cm³/mol. The normalized spacial score (nSPS) is 13.9. The number of amides is 1. The molecule has 0 saturated heterocycles. The van der Waals surface area contributed by atoms with Crippen LogP contribution in [0.15, 0.2) is 12.1 Å². The number of nitrogens with two attached hydrogens (primary N) is 1. The molecule has 0 aromatic heterocycles. The van der Waals surface area contributed by atoms with E-state index in [1.807, 2.05) is 26.0 Å². The summed E-state index contributed by atoms with van der Waals surface area (Å²) >= 11 is 6.22. The molecule has 1 unspecified atom stereocenters. The summed E-state index contributed by atoms with van der Waals surface area (Å²) in [6, 6.07) is 3.69. The molecule has 5 heteroatoms. The summed E-state index contributed by atoms with van der Waals surface area (Å²) in [5.74, 6) is 0.861. The van der Waals surface area contributed by atoms with Crippen molar-refractivity contribution in [2.24, 2.45) is 11.7 Å². The first kappa shape index (κ1) is 17.8. The molecule has 0 saturated carbocycles. The lowest BCUT2D eigenvalue weighted by Crippen LogP contribution is -2.54. The molecule has 1 aromatic rings. The standard InChI is InChI=1S/C16H25ClN2O2/c1-10(2)9-16(4,18)19-15(20)8-12-13(17)6-11(3)7-14(12)21-5/h6-7,10H,8-9,18H2,1-5H3,(H,19,20). The maximum Gasteiger partial charge on any atom is 0.226 e. The number of carbonyl (C=O) groups excluding carboxylic acids is 1. The van der Waals surface area contributed by atoms with Gasteiger partial charge >= 0.3 is 0 Å². The molecule has 21 heavy (non-hydrogen) atoms. The Kier molecular flexibility index (Phi) is 6.05. The van der Waals surface area contributed by atoms with E-state index in [4.69, 9.17) is 22.1 Å². The topological polar surface area (TPSA) is 64.3 Å². The first-order chi connectivity index (χ1) is 9.64. The van der Waals surface area contributed by atoms with E-state index in [1.54, 1.807) is 7.11 Å². The number of halogens is 1. The van der Waals surface area contributed by atoms with Gasteiger partial charge in [0, 0.05) is 10.6 Å². The lowest BCUT2D eigenvalue weighted by atomic mass is 9.99. The maximum atomic E-state index is 12.2. The van der Waals surface area contributed by atoms with Gasteiger partial charge in [-0.05, 0) is 43.9 Å². The van der Waals surface area contributed by atoms with Crippen LogP contribution >= 0.6 is 11.6 Å². The van der Waals surface area contributed by atoms with Crippen LogP contribution in [0.5, 0.6) is 5.75 Å². The second-order valence-electron chi connectivity index (χ2n) is 6.17. The van der Waals surface area contributed by atoms with Crippen molar-refractivity contribution in [2.75, 3.05) is 7.11 Å². The van der Waals surface area contributed by atoms with Crippen molar-refractivity contribution in [3.63, 3.8) is 0 Å². The Balaban J connectivity index is 2.84. The quantitative estimate of drug-likeness (QED) is 0.794. The van der Waals surface area contributed by atoms with E-state index in [0.717, 1.165) is 5.56 Å². The van der Waals surface area contributed by atoms with Gasteiger partial charge in [-0.15, -0.1) is 0 Å². The Hall–Kier alpha value is -1.26. The molecule has 0 spiro atoms. The van der Waals surface area contributed by atoms with Gasteiger partial charge in [-0.1, -0.05) is 25.4 Å². The summed E-state index contributed by atoms with van der Waals surface area (Å²) in [4.78, 5) is 12.2. The Labute approximate surface area is 132 Å². The number of aryl methyl sites for hydroxylation is 1. The van der Waals surface area contributed by atoms with Gasteiger partial charge in [-0.3, -0.25) is 4.79 Å². The van der Waals surface area contributed by atoms with Crippen molar-refractivity contribution in [1.82, 2.24) is 5.32 Å². The van der Waals surface area contributed by atoms with E-state index >= 15 is 0 Å². The highest BCUT2D eigenvalue weighted by Crippen LogP contribution is 2.29. The van der Waals surface area contributed by atoms with Gasteiger partial charge in [0.1, 0.15) is 5.75 Å². The molecule has 0 bridgehead atoms. The zero-order chi connectivity index (χ0) is 16.2. The second kappa shape index (κ2) is 7.14. The van der Waals surface area contributed by atoms with Crippen LogP contribution in [0.25, 0.3) is 0 Å². The molecular formula is C16H25ClN2O2. The third-order valence-electron chi connectivity index (χ3n) is 3.11.